The van der Waals surface area contributed by atoms with Crippen molar-refractivity contribution in [1.82, 2.24) is 0 Å². The van der Waals surface area contributed by atoms with Crippen molar-refractivity contribution in [2.75, 3.05) is 9.80 Å². The van der Waals surface area contributed by atoms with E-state index in [1.165, 1.54) is 11.1 Å². The number of rotatable bonds is 9. The van der Waals surface area contributed by atoms with Crippen LogP contribution in [0.15, 0.2) is 233 Å². The molecule has 12 aromatic rings. The fourth-order valence-electron chi connectivity index (χ4n) is 11.8. The molecule has 1 aliphatic carbocycles. The molecule has 2 aromatic heterocycles. The molecule has 0 aliphatic heterocycles. The van der Waals surface area contributed by atoms with Gasteiger partial charge in [-0.15, -0.1) is 0 Å². The highest BCUT2D eigenvalue weighted by molar-refractivity contribution is 6.23. The van der Waals surface area contributed by atoms with Crippen LogP contribution in [0.4, 0.5) is 34.1 Å². The van der Waals surface area contributed by atoms with E-state index in [0.717, 1.165) is 123 Å². The molecule has 0 radical (unpaired) electrons. The fraction of sp³-hybridized carbons (Fsp3) is 0.139. The molecular formula is C72H60N2O3. The number of fused-ring (bicyclic) bond motifs is 8. The zero-order chi connectivity index (χ0) is 52.6. The van der Waals surface area contributed by atoms with Crippen LogP contribution in [-0.2, 0) is 5.41 Å². The first kappa shape index (κ1) is 47.6. The van der Waals surface area contributed by atoms with Gasteiger partial charge in [-0.1, -0.05) is 205 Å². The number of phenolic OH excluding ortho intramolecular Hbond substituents is 1. The molecule has 5 nitrogen and oxygen atoms in total. The molecule has 5 heteroatoms. The lowest BCUT2D eigenvalue weighted by Crippen LogP contribution is -2.19. The van der Waals surface area contributed by atoms with Gasteiger partial charge in [-0.25, -0.2) is 0 Å². The van der Waals surface area contributed by atoms with Crippen molar-refractivity contribution in [3.05, 3.63) is 241 Å². The summed E-state index contributed by atoms with van der Waals surface area (Å²) in [4.78, 5) is 4.67. The highest BCUT2D eigenvalue weighted by Gasteiger charge is 2.34. The van der Waals surface area contributed by atoms with Crippen LogP contribution in [0.3, 0.4) is 0 Å². The predicted molar refractivity (Wildman–Crippen MR) is 323 cm³/mol. The maximum atomic E-state index is 11.8. The van der Waals surface area contributed by atoms with E-state index in [1.54, 1.807) is 0 Å². The van der Waals surface area contributed by atoms with E-state index in [-0.39, 0.29) is 16.7 Å². The summed E-state index contributed by atoms with van der Waals surface area (Å²) in [5, 5.41) is 17.2. The van der Waals surface area contributed by atoms with Crippen molar-refractivity contribution in [2.45, 2.75) is 59.3 Å². The van der Waals surface area contributed by atoms with Crippen LogP contribution in [-0.4, -0.2) is 5.11 Å². The maximum absolute atomic E-state index is 11.8. The average Bonchev–Trinajstić information content (AvgIpc) is 4.23. The molecular weight excluding hydrogens is 941 g/mol. The molecule has 0 bridgehead atoms. The lowest BCUT2D eigenvalue weighted by Gasteiger charge is -2.30. The molecule has 2 heterocycles. The van der Waals surface area contributed by atoms with Crippen molar-refractivity contribution in [3.63, 3.8) is 0 Å². The molecule has 1 atom stereocenters. The Labute approximate surface area is 450 Å². The van der Waals surface area contributed by atoms with Gasteiger partial charge in [0, 0.05) is 67.4 Å². The number of anilines is 6. The van der Waals surface area contributed by atoms with Crippen LogP contribution < -0.4 is 9.80 Å². The van der Waals surface area contributed by atoms with Gasteiger partial charge in [0.25, 0.3) is 0 Å². The Balaban J connectivity index is 1.000. The summed E-state index contributed by atoms with van der Waals surface area (Å²) in [6.45, 7) is 13.3. The topological polar surface area (TPSA) is 53.0 Å². The minimum absolute atomic E-state index is 0.0210. The van der Waals surface area contributed by atoms with Gasteiger partial charge in [0.1, 0.15) is 22.7 Å². The molecule has 0 amide bonds. The Morgan fingerprint density at radius 2 is 1.00 bits per heavy atom. The molecule has 0 fully saturated rings. The first-order chi connectivity index (χ1) is 37.4. The largest absolute Gasteiger partial charge is 0.507 e. The Morgan fingerprint density at radius 1 is 0.442 bits per heavy atom. The zero-order valence-electron chi connectivity index (χ0n) is 44.4. The van der Waals surface area contributed by atoms with Gasteiger partial charge in [0.2, 0.25) is 0 Å². The monoisotopic (exact) mass is 1000 g/mol. The molecule has 1 aliphatic rings. The third-order valence-electron chi connectivity index (χ3n) is 15.7. The number of phenols is 1. The number of hydrogen-bond acceptors (Lipinski definition) is 5. The van der Waals surface area contributed by atoms with E-state index < -0.39 is 0 Å². The third-order valence-corrected chi connectivity index (χ3v) is 15.7. The van der Waals surface area contributed by atoms with Gasteiger partial charge < -0.3 is 23.7 Å². The maximum Gasteiger partial charge on any atom is 0.158 e. The van der Waals surface area contributed by atoms with Gasteiger partial charge in [0.15, 0.2) is 5.58 Å². The van der Waals surface area contributed by atoms with E-state index in [9.17, 15) is 5.11 Å². The molecule has 0 saturated heterocycles. The van der Waals surface area contributed by atoms with Crippen molar-refractivity contribution in [3.8, 4) is 39.1 Å². The van der Waals surface area contributed by atoms with Gasteiger partial charge in [-0.2, -0.15) is 0 Å². The van der Waals surface area contributed by atoms with Crippen LogP contribution >= 0.6 is 0 Å². The van der Waals surface area contributed by atoms with E-state index in [4.69, 9.17) is 8.83 Å². The highest BCUT2D eigenvalue weighted by atomic mass is 16.3. The molecule has 376 valence electrons. The minimum Gasteiger partial charge on any atom is -0.507 e. The van der Waals surface area contributed by atoms with Crippen LogP contribution in [0.2, 0.25) is 0 Å². The van der Waals surface area contributed by atoms with Gasteiger partial charge in [-0.05, 0) is 117 Å². The van der Waals surface area contributed by atoms with Gasteiger partial charge in [-0.3, -0.25) is 0 Å². The number of aromatic hydroxyl groups is 1. The minimum atomic E-state index is -0.237. The number of nitrogens with zero attached hydrogens (tertiary/aromatic N) is 2. The second-order valence-electron chi connectivity index (χ2n) is 22.7. The second-order valence-corrected chi connectivity index (χ2v) is 22.7. The van der Waals surface area contributed by atoms with Gasteiger partial charge >= 0.3 is 0 Å². The number of hydrogen-bond donors (Lipinski definition) is 1. The molecule has 77 heavy (non-hydrogen) atoms. The zero-order valence-corrected chi connectivity index (χ0v) is 44.4. The van der Waals surface area contributed by atoms with Crippen molar-refractivity contribution < 1.29 is 13.9 Å². The van der Waals surface area contributed by atoms with E-state index in [1.807, 2.05) is 18.2 Å². The standard InChI is InChI=1S/C72H60N2O3/c1-71(2,3)61-30-16-27-55(68(61)75)50-23-15-24-53(43-50)74(52-39-35-49(36-40-52)47-21-11-8-12-22-47)64-45-66-67(57-26-14-13-25-56(57)64)60-44-54(41-42-65(60)76-66)73(51-37-33-48(34-38-51)46-19-9-7-10-20-46)63-32-18-29-59-58-28-17-31-62(72(4,5)6)69(58)77-70(59)63/h7-30,32-45,62,75H,31H2,1-6H3. The normalized spacial score (nSPS) is 13.7. The lowest BCUT2D eigenvalue weighted by molar-refractivity contribution is 0.283. The van der Waals surface area contributed by atoms with Crippen molar-refractivity contribution >= 4 is 83.9 Å². The van der Waals surface area contributed by atoms with Crippen LogP contribution in [0, 0.1) is 5.41 Å². The SMILES string of the molecule is CC(C)(C)c1cccc(-c2cccc(N(c3ccc(-c4ccccc4)cc3)c3cc4oc5ccc(N(c6ccc(-c7ccccc7)cc6)c6cccc7c8c(oc67)C(C(C)(C)C)CC=C8)cc5c4c4ccccc34)c2)c1O. The predicted octanol–water partition coefficient (Wildman–Crippen LogP) is 21.0. The average molecular weight is 1000 g/mol. The molecule has 0 saturated carbocycles. The number of para-hydroxylation sites is 2. The first-order valence-corrected chi connectivity index (χ1v) is 26.8. The van der Waals surface area contributed by atoms with E-state index >= 15 is 0 Å². The summed E-state index contributed by atoms with van der Waals surface area (Å²) in [7, 11) is 0. The van der Waals surface area contributed by atoms with E-state index in [2.05, 4.69) is 264 Å². The third kappa shape index (κ3) is 8.44. The smallest absolute Gasteiger partial charge is 0.158 e. The van der Waals surface area contributed by atoms with Crippen LogP contribution in [0.1, 0.15) is 70.8 Å². The molecule has 1 N–H and O–H groups in total. The number of allylic oxidation sites excluding steroid dienone is 1. The number of furan rings is 2. The molecule has 0 spiro atoms. The summed E-state index contributed by atoms with van der Waals surface area (Å²) in [5.41, 5.74) is 16.5. The molecule has 1 unspecified atom stereocenters. The quantitative estimate of drug-likeness (QED) is 0.156. The fourth-order valence-corrected chi connectivity index (χ4v) is 11.8. The van der Waals surface area contributed by atoms with Crippen LogP contribution in [0.25, 0.3) is 83.1 Å². The first-order valence-electron chi connectivity index (χ1n) is 26.8. The Kier molecular flexibility index (Phi) is 11.5. The summed E-state index contributed by atoms with van der Waals surface area (Å²) in [6.07, 6.45) is 5.51. The Morgan fingerprint density at radius 3 is 1.66 bits per heavy atom. The highest BCUT2D eigenvalue weighted by Crippen LogP contribution is 2.51. The summed E-state index contributed by atoms with van der Waals surface area (Å²) >= 11 is 0. The van der Waals surface area contributed by atoms with Crippen molar-refractivity contribution in [2.24, 2.45) is 5.41 Å². The second kappa shape index (κ2) is 18.6. The molecule has 13 rings (SSSR count). The van der Waals surface area contributed by atoms with Crippen LogP contribution in [0.5, 0.6) is 5.75 Å². The number of benzene rings is 10. The van der Waals surface area contributed by atoms with Crippen molar-refractivity contribution in [1.29, 1.82) is 0 Å². The summed E-state index contributed by atoms with van der Waals surface area (Å²) < 4.78 is 14.2. The van der Waals surface area contributed by atoms with E-state index in [0.29, 0.717) is 5.75 Å². The van der Waals surface area contributed by atoms with Gasteiger partial charge in [0.05, 0.1) is 11.4 Å². The summed E-state index contributed by atoms with van der Waals surface area (Å²) in [6, 6.07) is 77.3. The summed E-state index contributed by atoms with van der Waals surface area (Å²) in [5.74, 6) is 1.61. The molecule has 10 aromatic carbocycles. The Bertz CT molecular complexity index is 4210. The Hall–Kier alpha value is -9.06. The lowest BCUT2D eigenvalue weighted by atomic mass is 9.74.